The second-order valence-corrected chi connectivity index (χ2v) is 16.7. The lowest BCUT2D eigenvalue weighted by atomic mass is 9.68. The van der Waals surface area contributed by atoms with Crippen molar-refractivity contribution < 1.29 is 42.5 Å². The molecule has 0 aliphatic heterocycles. The van der Waals surface area contributed by atoms with E-state index in [1.165, 1.54) is 32.0 Å². The molecule has 17 heteroatoms. The number of halogens is 2. The number of nitrogens with one attached hydrogen (secondary N) is 4. The maximum Gasteiger partial charge on any atom is 0.420 e. The first-order valence-corrected chi connectivity index (χ1v) is 20.5. The van der Waals surface area contributed by atoms with Crippen molar-refractivity contribution in [2.75, 3.05) is 30.5 Å². The Morgan fingerprint density at radius 1 is 0.967 bits per heavy atom. The van der Waals surface area contributed by atoms with Gasteiger partial charge in [-0.3, -0.25) is 14.4 Å². The Labute approximate surface area is 347 Å². The van der Waals surface area contributed by atoms with Crippen molar-refractivity contribution in [2.24, 2.45) is 23.2 Å². The van der Waals surface area contributed by atoms with E-state index >= 15 is 0 Å². The molecule has 60 heavy (non-hydrogen) atoms. The second kappa shape index (κ2) is 19.2. The van der Waals surface area contributed by atoms with Gasteiger partial charge >= 0.3 is 6.09 Å². The van der Waals surface area contributed by atoms with E-state index in [0.29, 0.717) is 29.5 Å². The Morgan fingerprint density at radius 2 is 1.70 bits per heavy atom. The first kappa shape index (κ1) is 44.0. The van der Waals surface area contributed by atoms with E-state index in [9.17, 15) is 28.0 Å². The number of benzene rings is 1. The summed E-state index contributed by atoms with van der Waals surface area (Å²) in [5.74, 6) is -1.64. The zero-order valence-electron chi connectivity index (χ0n) is 34.6. The van der Waals surface area contributed by atoms with E-state index in [4.69, 9.17) is 14.6 Å². The maximum atomic E-state index is 15.0. The molecule has 0 radical (unpaired) electrons. The Balaban J connectivity index is 1.05. The monoisotopic (exact) mass is 832 g/mol. The highest BCUT2D eigenvalue weighted by atomic mass is 19.1. The molecule has 2 bridgehead atoms. The van der Waals surface area contributed by atoms with Crippen LogP contribution < -0.4 is 21.3 Å². The fourth-order valence-corrected chi connectivity index (χ4v) is 7.72. The first-order valence-electron chi connectivity index (χ1n) is 20.5. The molecular formula is C43H54F2N8O7. The highest BCUT2D eigenvalue weighted by Crippen LogP contribution is 2.42. The van der Waals surface area contributed by atoms with E-state index in [-0.39, 0.29) is 72.5 Å². The highest BCUT2D eigenvalue weighted by molar-refractivity contribution is 5.99. The summed E-state index contributed by atoms with van der Waals surface area (Å²) in [6.07, 6.45) is 8.54. The van der Waals surface area contributed by atoms with E-state index in [1.54, 1.807) is 52.0 Å². The number of carbonyl (C=O) groups is 4. The van der Waals surface area contributed by atoms with Crippen molar-refractivity contribution in [1.82, 2.24) is 30.2 Å². The summed E-state index contributed by atoms with van der Waals surface area (Å²) in [5.41, 5.74) is 0.551. The van der Waals surface area contributed by atoms with Gasteiger partial charge in [0.1, 0.15) is 30.2 Å². The quantitative estimate of drug-likeness (QED) is 0.0788. The van der Waals surface area contributed by atoms with Crippen molar-refractivity contribution in [3.8, 4) is 11.4 Å². The minimum atomic E-state index is -0.949. The Hall–Kier alpha value is -5.55. The van der Waals surface area contributed by atoms with Crippen LogP contribution in [0.1, 0.15) is 78.7 Å². The van der Waals surface area contributed by atoms with Gasteiger partial charge in [-0.15, -0.1) is 0 Å². The van der Waals surface area contributed by atoms with Crippen LogP contribution >= 0.6 is 0 Å². The Kier molecular flexibility index (Phi) is 14.1. The van der Waals surface area contributed by atoms with Gasteiger partial charge in [0.05, 0.1) is 25.6 Å². The third kappa shape index (κ3) is 10.6. The number of ether oxygens (including phenoxy) is 2. The molecule has 3 atom stereocenters. The van der Waals surface area contributed by atoms with E-state index in [1.807, 2.05) is 0 Å². The smallest absolute Gasteiger partial charge is 0.420 e. The van der Waals surface area contributed by atoms with Gasteiger partial charge < -0.3 is 35.8 Å². The molecule has 7 rings (SSSR count). The summed E-state index contributed by atoms with van der Waals surface area (Å²) in [6, 6.07) is 6.00. The normalized spacial score (nSPS) is 18.5. The minimum Gasteiger partial charge on any atom is -0.444 e. The van der Waals surface area contributed by atoms with Gasteiger partial charge in [0.25, 0.3) is 0 Å². The number of anilines is 2. The lowest BCUT2D eigenvalue weighted by molar-refractivity contribution is -0.136. The van der Waals surface area contributed by atoms with Gasteiger partial charge in [0, 0.05) is 40.9 Å². The molecule has 4 aromatic rings. The van der Waals surface area contributed by atoms with Crippen LogP contribution in [0.5, 0.6) is 0 Å². The molecular weight excluding hydrogens is 779 g/mol. The van der Waals surface area contributed by atoms with E-state index < -0.39 is 47.0 Å². The van der Waals surface area contributed by atoms with Crippen LogP contribution in [-0.4, -0.2) is 86.4 Å². The van der Waals surface area contributed by atoms with Gasteiger partial charge in [0.2, 0.25) is 17.7 Å². The van der Waals surface area contributed by atoms with Crippen LogP contribution in [0.25, 0.3) is 22.4 Å². The van der Waals surface area contributed by atoms with Crippen molar-refractivity contribution in [3.05, 3.63) is 66.1 Å². The van der Waals surface area contributed by atoms with Gasteiger partial charge in [-0.25, -0.2) is 33.1 Å². The van der Waals surface area contributed by atoms with Gasteiger partial charge in [0.15, 0.2) is 17.5 Å². The van der Waals surface area contributed by atoms with E-state index in [2.05, 4.69) is 36.2 Å². The largest absolute Gasteiger partial charge is 0.444 e. The fraction of sp³-hybridized carbons (Fsp3) is 0.512. The molecule has 15 nitrogen and oxygen atoms in total. The van der Waals surface area contributed by atoms with Crippen LogP contribution in [0.4, 0.5) is 25.1 Å². The summed E-state index contributed by atoms with van der Waals surface area (Å²) in [7, 11) is 0. The number of amides is 3. The SMILES string of the molecule is CC(C)[C@H](NC(=O)C(C)(C)CCOCCO)C(=O)N[C@@H](C)C(=O)Nc1ccc(COC(=O)n2cc(-c3ncc(F)c(N[C@@H]4CC5CCC4CC5)n3)c3cc(F)cnc32)cc1. The van der Waals surface area contributed by atoms with Gasteiger partial charge in [-0.2, -0.15) is 0 Å². The number of hydrogen-bond acceptors (Lipinski definition) is 11. The number of pyridine rings is 1. The predicted molar refractivity (Wildman–Crippen MR) is 219 cm³/mol. The standard InChI is InChI=1S/C43H54F2N8O7/c1-24(2)35(51-41(57)43(4,5)14-16-59-17-15-54)40(56)48-25(3)39(55)49-30-12-8-27(9-13-30)23-60-42(58)53-22-32(31-19-29(44)20-47-38(31)53)36-46-21-33(45)37(52-36)50-34-18-26-6-10-28(34)11-7-26/h8-9,12-13,19-22,24-26,28,34-35,54H,6-7,10-11,14-18,23H2,1-5H3,(H,48,56)(H,49,55)(H,51,57)(H,46,50,52)/t25-,26?,28?,34+,35-/m0/s1. The van der Waals surface area contributed by atoms with Crippen LogP contribution in [-0.2, 0) is 30.5 Å². The lowest BCUT2D eigenvalue weighted by Crippen LogP contribution is -2.55. The molecule has 3 amide bonds. The first-order chi connectivity index (χ1) is 28.6. The molecule has 5 N–H and O–H groups in total. The molecule has 3 aliphatic rings. The Morgan fingerprint density at radius 3 is 2.37 bits per heavy atom. The van der Waals surface area contributed by atoms with Crippen molar-refractivity contribution in [2.45, 2.75) is 97.9 Å². The predicted octanol–water partition coefficient (Wildman–Crippen LogP) is 5.96. The van der Waals surface area contributed by atoms with Gasteiger partial charge in [-0.05, 0) is 74.1 Å². The molecule has 1 aromatic carbocycles. The van der Waals surface area contributed by atoms with Crippen LogP contribution in [0.15, 0.2) is 48.9 Å². The molecule has 0 saturated heterocycles. The molecule has 322 valence electrons. The fourth-order valence-electron chi connectivity index (χ4n) is 7.72. The lowest BCUT2D eigenvalue weighted by Gasteiger charge is -2.42. The highest BCUT2D eigenvalue weighted by Gasteiger charge is 2.37. The molecule has 3 aliphatic carbocycles. The summed E-state index contributed by atoms with van der Waals surface area (Å²) in [5, 5.41) is 20.7. The number of nitrogens with zero attached hydrogens (tertiary/aromatic N) is 4. The van der Waals surface area contributed by atoms with Gasteiger partial charge in [-0.1, -0.05) is 52.7 Å². The third-order valence-electron chi connectivity index (χ3n) is 11.5. The van der Waals surface area contributed by atoms with Crippen molar-refractivity contribution in [1.29, 1.82) is 0 Å². The molecule has 3 heterocycles. The average molecular weight is 833 g/mol. The summed E-state index contributed by atoms with van der Waals surface area (Å²) >= 11 is 0. The van der Waals surface area contributed by atoms with E-state index in [0.717, 1.165) is 36.2 Å². The summed E-state index contributed by atoms with van der Waals surface area (Å²) in [6.45, 7) is 8.75. The molecule has 3 aromatic heterocycles. The second-order valence-electron chi connectivity index (χ2n) is 16.7. The number of aromatic nitrogens is 4. The average Bonchev–Trinajstić information content (AvgIpc) is 3.60. The molecule has 3 saturated carbocycles. The zero-order chi connectivity index (χ0) is 43.1. The number of carbonyl (C=O) groups excluding carboxylic acids is 4. The maximum absolute atomic E-state index is 15.0. The molecule has 0 spiro atoms. The summed E-state index contributed by atoms with van der Waals surface area (Å²) in [4.78, 5) is 65.5. The number of aliphatic hydroxyl groups excluding tert-OH is 1. The molecule has 3 fully saturated rings. The van der Waals surface area contributed by atoms with Crippen molar-refractivity contribution >= 4 is 46.4 Å². The minimum absolute atomic E-state index is 0.0586. The summed E-state index contributed by atoms with van der Waals surface area (Å²) < 4.78 is 41.5. The van der Waals surface area contributed by atoms with Crippen LogP contribution in [0.3, 0.4) is 0 Å². The van der Waals surface area contributed by atoms with Crippen molar-refractivity contribution in [3.63, 3.8) is 0 Å². The molecule has 0 unspecified atom stereocenters. The van der Waals surface area contributed by atoms with Crippen LogP contribution in [0.2, 0.25) is 0 Å². The number of rotatable bonds is 17. The third-order valence-corrected chi connectivity index (χ3v) is 11.5. The van der Waals surface area contributed by atoms with Crippen LogP contribution in [0, 0.1) is 34.8 Å². The number of aliphatic hydroxyl groups is 1. The Bertz CT molecular complexity index is 2170. The number of fused-ring (bicyclic) bond motifs is 4. The zero-order valence-corrected chi connectivity index (χ0v) is 34.6. The topological polar surface area (TPSA) is 199 Å². The number of hydrogen-bond donors (Lipinski definition) is 5.